The number of nitrogens with zero attached hydrogens (tertiary/aromatic N) is 1. The first kappa shape index (κ1) is 10.3. The Balaban J connectivity index is 2.45. The number of ether oxygens (including phenoxy) is 2. The van der Waals surface area contributed by atoms with Crippen molar-refractivity contribution in [3.63, 3.8) is 0 Å². The third kappa shape index (κ3) is 1.80. The monoisotopic (exact) mass is 267 g/mol. The summed E-state index contributed by atoms with van der Waals surface area (Å²) < 4.78 is 11.4. The van der Waals surface area contributed by atoms with Crippen molar-refractivity contribution in [2.75, 3.05) is 6.79 Å². The summed E-state index contributed by atoms with van der Waals surface area (Å²) in [4.78, 5) is 0. The summed E-state index contributed by atoms with van der Waals surface area (Å²) in [5, 5.41) is 9.01. The quantitative estimate of drug-likeness (QED) is 0.827. The maximum Gasteiger partial charge on any atom is 0.231 e. The van der Waals surface area contributed by atoms with Crippen LogP contribution in [0.2, 0.25) is 0 Å². The Labute approximate surface area is 96.7 Å². The lowest BCUT2D eigenvalue weighted by atomic mass is 9.98. The van der Waals surface area contributed by atoms with Gasteiger partial charge in [0.25, 0.3) is 0 Å². The van der Waals surface area contributed by atoms with Crippen LogP contribution in [0.25, 0.3) is 0 Å². The zero-order chi connectivity index (χ0) is 10.8. The van der Waals surface area contributed by atoms with Gasteiger partial charge in [-0.2, -0.15) is 5.26 Å². The van der Waals surface area contributed by atoms with Crippen LogP contribution in [0.15, 0.2) is 16.6 Å². The van der Waals surface area contributed by atoms with E-state index in [0.29, 0.717) is 0 Å². The molecule has 1 heterocycles. The van der Waals surface area contributed by atoms with Crippen LogP contribution in [0.3, 0.4) is 0 Å². The highest BCUT2D eigenvalue weighted by Crippen LogP contribution is 2.39. The minimum Gasteiger partial charge on any atom is -0.454 e. The van der Waals surface area contributed by atoms with E-state index in [1.807, 2.05) is 19.1 Å². The topological polar surface area (TPSA) is 42.2 Å². The Morgan fingerprint density at radius 2 is 2.13 bits per heavy atom. The van der Waals surface area contributed by atoms with Gasteiger partial charge in [-0.1, -0.05) is 22.9 Å². The van der Waals surface area contributed by atoms with Crippen LogP contribution in [0.1, 0.15) is 24.8 Å². The molecule has 0 radical (unpaired) electrons. The highest BCUT2D eigenvalue weighted by atomic mass is 79.9. The summed E-state index contributed by atoms with van der Waals surface area (Å²) in [7, 11) is 0. The number of halogens is 1. The molecule has 0 saturated heterocycles. The predicted octanol–water partition coefficient (Wildman–Crippen LogP) is 3.19. The van der Waals surface area contributed by atoms with Gasteiger partial charge in [-0.15, -0.1) is 0 Å². The van der Waals surface area contributed by atoms with E-state index in [0.717, 1.165) is 28.0 Å². The number of hydrogen-bond donors (Lipinski definition) is 0. The highest BCUT2D eigenvalue weighted by Gasteiger charge is 2.20. The summed E-state index contributed by atoms with van der Waals surface area (Å²) in [6, 6.07) is 6.01. The lowest BCUT2D eigenvalue weighted by molar-refractivity contribution is 0.174. The van der Waals surface area contributed by atoms with Gasteiger partial charge < -0.3 is 9.47 Å². The van der Waals surface area contributed by atoms with Gasteiger partial charge in [0.15, 0.2) is 11.5 Å². The fourth-order valence-electron chi connectivity index (χ4n) is 1.58. The molecule has 15 heavy (non-hydrogen) atoms. The van der Waals surface area contributed by atoms with Crippen LogP contribution in [0, 0.1) is 11.3 Å². The maximum absolute atomic E-state index is 9.01. The van der Waals surface area contributed by atoms with Crippen LogP contribution >= 0.6 is 15.9 Å². The third-order valence-corrected chi connectivity index (χ3v) is 3.12. The molecule has 0 aromatic heterocycles. The smallest absolute Gasteiger partial charge is 0.231 e. The molecule has 3 nitrogen and oxygen atoms in total. The van der Waals surface area contributed by atoms with Gasteiger partial charge in [0.1, 0.15) is 0 Å². The third-order valence-electron chi connectivity index (χ3n) is 2.43. The maximum atomic E-state index is 9.01. The SMILES string of the molecule is CC[C@H](C#N)c1cc2c(cc1Br)OCO2. The fraction of sp³-hybridized carbons (Fsp3) is 0.364. The first-order chi connectivity index (χ1) is 7.26. The van der Waals surface area contributed by atoms with Gasteiger partial charge in [-0.05, 0) is 24.1 Å². The van der Waals surface area contributed by atoms with Crippen LogP contribution in [-0.2, 0) is 0 Å². The van der Waals surface area contributed by atoms with Gasteiger partial charge in [0, 0.05) is 4.47 Å². The van der Waals surface area contributed by atoms with Crippen molar-refractivity contribution in [1.82, 2.24) is 0 Å². The van der Waals surface area contributed by atoms with E-state index >= 15 is 0 Å². The van der Waals surface area contributed by atoms with Crippen LogP contribution in [-0.4, -0.2) is 6.79 Å². The van der Waals surface area contributed by atoms with Crippen LogP contribution in [0.4, 0.5) is 0 Å². The van der Waals surface area contributed by atoms with Gasteiger partial charge in [-0.25, -0.2) is 0 Å². The Morgan fingerprint density at radius 3 is 2.73 bits per heavy atom. The van der Waals surface area contributed by atoms with Crippen molar-refractivity contribution < 1.29 is 9.47 Å². The highest BCUT2D eigenvalue weighted by molar-refractivity contribution is 9.10. The molecule has 0 aliphatic carbocycles. The van der Waals surface area contributed by atoms with Crippen molar-refractivity contribution in [3.8, 4) is 17.6 Å². The summed E-state index contributed by atoms with van der Waals surface area (Å²) in [6.07, 6.45) is 0.786. The van der Waals surface area contributed by atoms with E-state index < -0.39 is 0 Å². The second kappa shape index (κ2) is 4.11. The van der Waals surface area contributed by atoms with E-state index in [2.05, 4.69) is 22.0 Å². The number of nitriles is 1. The summed E-state index contributed by atoms with van der Waals surface area (Å²) in [5.41, 5.74) is 0.962. The number of rotatable bonds is 2. The Hall–Kier alpha value is -1.21. The van der Waals surface area contributed by atoms with Crippen molar-refractivity contribution >= 4 is 15.9 Å². The molecule has 0 amide bonds. The number of fused-ring (bicyclic) bond motifs is 1. The standard InChI is InChI=1S/C11H10BrNO2/c1-2-7(5-13)8-3-10-11(4-9(8)12)15-6-14-10/h3-4,7H,2,6H2,1H3/t7-/m1/s1. The molecule has 1 aromatic rings. The molecule has 0 saturated carbocycles. The molecule has 1 aliphatic heterocycles. The van der Waals surface area contributed by atoms with E-state index in [1.165, 1.54) is 0 Å². The lowest BCUT2D eigenvalue weighted by Gasteiger charge is -2.09. The molecule has 0 fully saturated rings. The fourth-order valence-corrected chi connectivity index (χ4v) is 2.18. The first-order valence-corrected chi connectivity index (χ1v) is 5.54. The second-order valence-corrected chi connectivity index (χ2v) is 4.17. The minimum atomic E-state index is -0.103. The van der Waals surface area contributed by atoms with E-state index in [4.69, 9.17) is 14.7 Å². The average Bonchev–Trinajstić information content (AvgIpc) is 2.67. The summed E-state index contributed by atoms with van der Waals surface area (Å²) in [6.45, 7) is 2.25. The molecular formula is C11H10BrNO2. The molecule has 0 bridgehead atoms. The van der Waals surface area contributed by atoms with E-state index in [-0.39, 0.29) is 12.7 Å². The van der Waals surface area contributed by atoms with Crippen LogP contribution < -0.4 is 9.47 Å². The zero-order valence-electron chi connectivity index (χ0n) is 8.29. The Kier molecular flexibility index (Phi) is 2.83. The van der Waals surface area contributed by atoms with Gasteiger partial charge in [0.2, 0.25) is 6.79 Å². The van der Waals surface area contributed by atoms with Crippen LogP contribution in [0.5, 0.6) is 11.5 Å². The minimum absolute atomic E-state index is 0.103. The molecule has 4 heteroatoms. The summed E-state index contributed by atoms with van der Waals surface area (Å²) >= 11 is 3.45. The average molecular weight is 268 g/mol. The molecule has 1 atom stereocenters. The van der Waals surface area contributed by atoms with Gasteiger partial charge in [0.05, 0.1) is 12.0 Å². The molecule has 1 aromatic carbocycles. The number of benzene rings is 1. The largest absolute Gasteiger partial charge is 0.454 e. The second-order valence-electron chi connectivity index (χ2n) is 3.32. The van der Waals surface area contributed by atoms with E-state index in [1.54, 1.807) is 0 Å². The Morgan fingerprint density at radius 1 is 1.47 bits per heavy atom. The van der Waals surface area contributed by atoms with Gasteiger partial charge >= 0.3 is 0 Å². The molecular weight excluding hydrogens is 258 g/mol. The first-order valence-electron chi connectivity index (χ1n) is 4.75. The normalized spacial score (nSPS) is 14.7. The molecule has 0 spiro atoms. The number of hydrogen-bond acceptors (Lipinski definition) is 3. The van der Waals surface area contributed by atoms with E-state index in [9.17, 15) is 0 Å². The predicted molar refractivity (Wildman–Crippen MR) is 58.9 cm³/mol. The molecule has 2 rings (SSSR count). The zero-order valence-corrected chi connectivity index (χ0v) is 9.87. The molecule has 0 N–H and O–H groups in total. The summed E-state index contributed by atoms with van der Waals surface area (Å²) in [5.74, 6) is 1.36. The van der Waals surface area contributed by atoms with Crippen molar-refractivity contribution in [2.45, 2.75) is 19.3 Å². The van der Waals surface area contributed by atoms with Crippen molar-refractivity contribution in [3.05, 3.63) is 22.2 Å². The molecule has 0 unspecified atom stereocenters. The lowest BCUT2D eigenvalue weighted by Crippen LogP contribution is -1.95. The molecule has 78 valence electrons. The van der Waals surface area contributed by atoms with Gasteiger partial charge in [-0.3, -0.25) is 0 Å². The molecule has 1 aliphatic rings. The van der Waals surface area contributed by atoms with Crippen molar-refractivity contribution in [2.24, 2.45) is 0 Å². The van der Waals surface area contributed by atoms with Crippen molar-refractivity contribution in [1.29, 1.82) is 5.26 Å². The Bertz CT molecular complexity index is 425.